The van der Waals surface area contributed by atoms with Gasteiger partial charge >= 0.3 is 5.97 Å². The first-order valence-electron chi connectivity index (χ1n) is 10.5. The average Bonchev–Trinajstić information content (AvgIpc) is 3.43. The van der Waals surface area contributed by atoms with Crippen molar-refractivity contribution >= 4 is 17.4 Å². The Morgan fingerprint density at radius 3 is 2.87 bits per heavy atom. The standard InChI is InChI=1S/C24H23N5O2/c1-16-5-4-11-28(16)22-9-3-8-20(26-22)14-19-15-21(27-29-12-10-25-23(19)29)17-6-2-7-18(13-17)24(30)31/h2-3,6-10,12-13,15-16H,4-5,11,14H2,1H3,(H,30,31)/t16-/m0/s1. The quantitative estimate of drug-likeness (QED) is 0.531. The Bertz CT molecular complexity index is 1270. The highest BCUT2D eigenvalue weighted by Crippen LogP contribution is 2.26. The summed E-state index contributed by atoms with van der Waals surface area (Å²) in [6.45, 7) is 3.29. The van der Waals surface area contributed by atoms with Crippen LogP contribution in [0.2, 0.25) is 0 Å². The van der Waals surface area contributed by atoms with Gasteiger partial charge in [-0.2, -0.15) is 5.10 Å². The maximum atomic E-state index is 11.4. The van der Waals surface area contributed by atoms with Crippen molar-refractivity contribution in [3.05, 3.63) is 77.7 Å². The number of hydrogen-bond acceptors (Lipinski definition) is 5. The minimum atomic E-state index is -0.956. The second kappa shape index (κ2) is 7.83. The van der Waals surface area contributed by atoms with E-state index in [4.69, 9.17) is 4.98 Å². The summed E-state index contributed by atoms with van der Waals surface area (Å²) in [6.07, 6.45) is 6.54. The van der Waals surface area contributed by atoms with Crippen molar-refractivity contribution in [1.29, 1.82) is 0 Å². The van der Waals surface area contributed by atoms with E-state index < -0.39 is 5.97 Å². The van der Waals surface area contributed by atoms with Gasteiger partial charge in [0.15, 0.2) is 5.65 Å². The molecule has 1 aliphatic rings. The number of rotatable bonds is 5. The zero-order valence-corrected chi connectivity index (χ0v) is 17.3. The fraction of sp³-hybridized carbons (Fsp3) is 0.250. The third-order valence-electron chi connectivity index (χ3n) is 5.85. The van der Waals surface area contributed by atoms with Gasteiger partial charge in [-0.3, -0.25) is 0 Å². The Hall–Kier alpha value is -3.74. The van der Waals surface area contributed by atoms with Crippen molar-refractivity contribution in [2.75, 3.05) is 11.4 Å². The van der Waals surface area contributed by atoms with E-state index in [2.05, 4.69) is 34.0 Å². The van der Waals surface area contributed by atoms with Gasteiger partial charge in [0.2, 0.25) is 0 Å². The van der Waals surface area contributed by atoms with Gasteiger partial charge in [0.25, 0.3) is 0 Å². The first-order chi connectivity index (χ1) is 15.1. The molecule has 4 heterocycles. The highest BCUT2D eigenvalue weighted by atomic mass is 16.4. The molecule has 5 rings (SSSR count). The van der Waals surface area contributed by atoms with Crippen molar-refractivity contribution in [2.24, 2.45) is 0 Å². The van der Waals surface area contributed by atoms with Crippen LogP contribution >= 0.6 is 0 Å². The molecule has 1 saturated heterocycles. The summed E-state index contributed by atoms with van der Waals surface area (Å²) in [6, 6.07) is 15.5. The summed E-state index contributed by atoms with van der Waals surface area (Å²) in [7, 11) is 0. The minimum Gasteiger partial charge on any atom is -0.478 e. The van der Waals surface area contributed by atoms with Crippen LogP contribution in [0.1, 0.15) is 41.4 Å². The predicted molar refractivity (Wildman–Crippen MR) is 118 cm³/mol. The Balaban J connectivity index is 1.53. The number of aromatic carboxylic acids is 1. The summed E-state index contributed by atoms with van der Waals surface area (Å²) in [5.74, 6) is 0.0632. The van der Waals surface area contributed by atoms with E-state index in [1.54, 1.807) is 35.1 Å². The average molecular weight is 413 g/mol. The van der Waals surface area contributed by atoms with E-state index in [1.165, 1.54) is 12.8 Å². The highest BCUT2D eigenvalue weighted by Gasteiger charge is 2.21. The van der Waals surface area contributed by atoms with E-state index >= 15 is 0 Å². The lowest BCUT2D eigenvalue weighted by Gasteiger charge is -2.23. The number of carbonyl (C=O) groups is 1. The van der Waals surface area contributed by atoms with E-state index in [-0.39, 0.29) is 5.56 Å². The molecule has 0 unspecified atom stereocenters. The molecule has 31 heavy (non-hydrogen) atoms. The van der Waals surface area contributed by atoms with E-state index in [0.717, 1.165) is 34.8 Å². The summed E-state index contributed by atoms with van der Waals surface area (Å²) in [5.41, 5.74) is 4.44. The molecular weight excluding hydrogens is 390 g/mol. The number of aromatic nitrogens is 4. The van der Waals surface area contributed by atoms with Gasteiger partial charge < -0.3 is 10.0 Å². The topological polar surface area (TPSA) is 83.6 Å². The number of benzene rings is 1. The number of imidazole rings is 1. The maximum absolute atomic E-state index is 11.4. The van der Waals surface area contributed by atoms with Crippen LogP contribution in [-0.4, -0.2) is 43.2 Å². The fourth-order valence-electron chi connectivity index (χ4n) is 4.26. The molecule has 0 amide bonds. The maximum Gasteiger partial charge on any atom is 0.335 e. The van der Waals surface area contributed by atoms with E-state index in [9.17, 15) is 9.90 Å². The van der Waals surface area contributed by atoms with E-state index in [0.29, 0.717) is 18.2 Å². The van der Waals surface area contributed by atoms with Gasteiger partial charge in [0.05, 0.1) is 11.3 Å². The van der Waals surface area contributed by atoms with Crippen LogP contribution in [0.25, 0.3) is 16.9 Å². The molecule has 1 aliphatic heterocycles. The Morgan fingerprint density at radius 1 is 1.19 bits per heavy atom. The zero-order valence-electron chi connectivity index (χ0n) is 17.3. The number of carboxylic acid groups (broad SMARTS) is 1. The van der Waals surface area contributed by atoms with Crippen LogP contribution in [0.5, 0.6) is 0 Å². The lowest BCUT2D eigenvalue weighted by molar-refractivity contribution is 0.0697. The SMILES string of the molecule is C[C@H]1CCCN1c1cccc(Cc2cc(-c3cccc(C(=O)O)c3)nn3ccnc23)n1. The van der Waals surface area contributed by atoms with Crippen molar-refractivity contribution in [1.82, 2.24) is 19.6 Å². The smallest absolute Gasteiger partial charge is 0.335 e. The largest absolute Gasteiger partial charge is 0.478 e. The Labute approximate surface area is 180 Å². The van der Waals surface area contributed by atoms with Crippen molar-refractivity contribution in [3.63, 3.8) is 0 Å². The van der Waals surface area contributed by atoms with Gasteiger partial charge in [-0.1, -0.05) is 18.2 Å². The molecule has 0 aliphatic carbocycles. The van der Waals surface area contributed by atoms with Crippen LogP contribution in [0.15, 0.2) is 60.9 Å². The van der Waals surface area contributed by atoms with Gasteiger partial charge in [-0.05, 0) is 50.1 Å². The predicted octanol–water partition coefficient (Wildman–Crippen LogP) is 4.07. The molecule has 7 heteroatoms. The number of hydrogen-bond donors (Lipinski definition) is 1. The molecule has 0 radical (unpaired) electrons. The molecule has 7 nitrogen and oxygen atoms in total. The summed E-state index contributed by atoms with van der Waals surface area (Å²) < 4.78 is 1.74. The molecule has 156 valence electrons. The van der Waals surface area contributed by atoms with Gasteiger partial charge in [0.1, 0.15) is 5.82 Å². The number of pyridine rings is 1. The van der Waals surface area contributed by atoms with E-state index in [1.807, 2.05) is 18.2 Å². The molecule has 1 fully saturated rings. The first-order valence-corrected chi connectivity index (χ1v) is 10.5. The van der Waals surface area contributed by atoms with Crippen LogP contribution in [0.4, 0.5) is 5.82 Å². The summed E-state index contributed by atoms with van der Waals surface area (Å²) >= 11 is 0. The Morgan fingerprint density at radius 2 is 2.06 bits per heavy atom. The van der Waals surface area contributed by atoms with Gasteiger partial charge in [-0.15, -0.1) is 0 Å². The van der Waals surface area contributed by atoms with Crippen LogP contribution in [-0.2, 0) is 6.42 Å². The zero-order chi connectivity index (χ0) is 21.4. The molecular formula is C24H23N5O2. The van der Waals surface area contributed by atoms with Crippen molar-refractivity contribution in [3.8, 4) is 11.3 Å². The van der Waals surface area contributed by atoms with Crippen molar-refractivity contribution in [2.45, 2.75) is 32.2 Å². The number of carboxylic acids is 1. The minimum absolute atomic E-state index is 0.237. The molecule has 1 atom stereocenters. The fourth-order valence-corrected chi connectivity index (χ4v) is 4.26. The second-order valence-corrected chi connectivity index (χ2v) is 7.98. The third-order valence-corrected chi connectivity index (χ3v) is 5.85. The monoisotopic (exact) mass is 413 g/mol. The van der Waals surface area contributed by atoms with Crippen LogP contribution in [0.3, 0.4) is 0 Å². The molecule has 4 aromatic rings. The summed E-state index contributed by atoms with van der Waals surface area (Å²) in [4.78, 5) is 23.1. The molecule has 1 N–H and O–H groups in total. The molecule has 0 spiro atoms. The van der Waals surface area contributed by atoms with Crippen molar-refractivity contribution < 1.29 is 9.90 Å². The molecule has 0 saturated carbocycles. The highest BCUT2D eigenvalue weighted by molar-refractivity contribution is 5.89. The molecule has 3 aromatic heterocycles. The molecule has 0 bridgehead atoms. The lowest BCUT2D eigenvalue weighted by atomic mass is 10.0. The van der Waals surface area contributed by atoms with Crippen LogP contribution < -0.4 is 4.90 Å². The third kappa shape index (κ3) is 3.74. The lowest BCUT2D eigenvalue weighted by Crippen LogP contribution is -2.27. The number of nitrogens with zero attached hydrogens (tertiary/aromatic N) is 5. The normalized spacial score (nSPS) is 16.2. The van der Waals surface area contributed by atoms with Crippen LogP contribution in [0, 0.1) is 0 Å². The van der Waals surface area contributed by atoms with Gasteiger partial charge in [0, 0.05) is 48.2 Å². The number of anilines is 1. The first kappa shape index (κ1) is 19.2. The van der Waals surface area contributed by atoms with Gasteiger partial charge in [-0.25, -0.2) is 19.3 Å². The summed E-state index contributed by atoms with van der Waals surface area (Å²) in [5, 5.41) is 14.0. The second-order valence-electron chi connectivity index (χ2n) is 7.98. The molecule has 1 aromatic carbocycles. The number of fused-ring (bicyclic) bond motifs is 1. The Kier molecular flexibility index (Phi) is 4.86.